The van der Waals surface area contributed by atoms with E-state index in [1.54, 1.807) is 24.3 Å². The van der Waals surface area contributed by atoms with E-state index in [0.29, 0.717) is 15.8 Å². The fourth-order valence-corrected chi connectivity index (χ4v) is 3.08. The fourth-order valence-electron chi connectivity index (χ4n) is 2.12. The molecule has 0 bridgehead atoms. The first-order valence-corrected chi connectivity index (χ1v) is 8.65. The molecule has 24 heavy (non-hydrogen) atoms. The molecule has 0 radical (unpaired) electrons. The third-order valence-electron chi connectivity index (χ3n) is 3.37. The molecule has 3 aromatic rings. The van der Waals surface area contributed by atoms with E-state index in [1.807, 2.05) is 54.6 Å². The number of halogens is 1. The van der Waals surface area contributed by atoms with Crippen LogP contribution in [0.2, 0.25) is 4.34 Å². The molecule has 4 heteroatoms. The molecule has 2 nitrogen and oxygen atoms in total. The number of carbonyl (C=O) groups is 1. The van der Waals surface area contributed by atoms with Crippen molar-refractivity contribution in [2.24, 2.45) is 0 Å². The van der Waals surface area contributed by atoms with E-state index >= 15 is 0 Å². The summed E-state index contributed by atoms with van der Waals surface area (Å²) in [7, 11) is 0. The highest BCUT2D eigenvalue weighted by Gasteiger charge is 2.04. The first-order valence-electron chi connectivity index (χ1n) is 7.45. The van der Waals surface area contributed by atoms with Crippen molar-refractivity contribution in [2.45, 2.75) is 6.61 Å². The molecule has 0 aliphatic rings. The Kier molecular flexibility index (Phi) is 5.47. The lowest BCUT2D eigenvalue weighted by Crippen LogP contribution is -1.94. The second kappa shape index (κ2) is 7.95. The molecule has 0 aliphatic heterocycles. The molecular weight excluding hydrogens is 340 g/mol. The van der Waals surface area contributed by atoms with Crippen molar-refractivity contribution in [3.05, 3.63) is 93.1 Å². The minimum atomic E-state index is -0.0451. The van der Waals surface area contributed by atoms with Gasteiger partial charge in [0, 0.05) is 0 Å². The number of benzene rings is 2. The highest BCUT2D eigenvalue weighted by molar-refractivity contribution is 7.18. The molecule has 120 valence electrons. The van der Waals surface area contributed by atoms with E-state index in [1.165, 1.54) is 11.3 Å². The molecule has 0 unspecified atom stereocenters. The maximum Gasteiger partial charge on any atom is 0.195 e. The Morgan fingerprint density at radius 3 is 2.42 bits per heavy atom. The Labute approximate surface area is 150 Å². The molecule has 0 saturated carbocycles. The third-order valence-corrected chi connectivity index (χ3v) is 4.62. The van der Waals surface area contributed by atoms with Crippen LogP contribution in [0.25, 0.3) is 6.08 Å². The largest absolute Gasteiger partial charge is 0.489 e. The van der Waals surface area contributed by atoms with Gasteiger partial charge in [0.1, 0.15) is 12.4 Å². The Balaban J connectivity index is 1.58. The van der Waals surface area contributed by atoms with Crippen LogP contribution in [0.1, 0.15) is 20.8 Å². The maximum atomic E-state index is 12.0. The molecule has 0 amide bonds. The molecule has 1 heterocycles. The van der Waals surface area contributed by atoms with Crippen LogP contribution in [0, 0.1) is 0 Å². The highest BCUT2D eigenvalue weighted by atomic mass is 35.5. The lowest BCUT2D eigenvalue weighted by atomic mass is 10.2. The summed E-state index contributed by atoms with van der Waals surface area (Å²) in [6.45, 7) is 0.535. The van der Waals surface area contributed by atoms with Crippen LogP contribution in [-0.2, 0) is 6.61 Å². The van der Waals surface area contributed by atoms with Gasteiger partial charge in [-0.3, -0.25) is 4.79 Å². The van der Waals surface area contributed by atoms with Crippen molar-refractivity contribution in [3.8, 4) is 5.75 Å². The van der Waals surface area contributed by atoms with Gasteiger partial charge in [0.15, 0.2) is 5.78 Å². The number of thiophene rings is 1. The molecule has 0 fully saturated rings. The van der Waals surface area contributed by atoms with Crippen LogP contribution in [0.3, 0.4) is 0 Å². The highest BCUT2D eigenvalue weighted by Crippen LogP contribution is 2.22. The zero-order valence-electron chi connectivity index (χ0n) is 12.8. The Bertz CT molecular complexity index is 836. The summed E-state index contributed by atoms with van der Waals surface area (Å²) in [5, 5.41) is 0. The minimum Gasteiger partial charge on any atom is -0.489 e. The molecule has 0 spiro atoms. The van der Waals surface area contributed by atoms with Crippen LogP contribution in [0.4, 0.5) is 0 Å². The number of rotatable bonds is 6. The van der Waals surface area contributed by atoms with Crippen molar-refractivity contribution < 1.29 is 9.53 Å². The van der Waals surface area contributed by atoms with Gasteiger partial charge in [0.05, 0.1) is 9.21 Å². The molecular formula is C20H15ClO2S. The zero-order chi connectivity index (χ0) is 16.8. The van der Waals surface area contributed by atoms with Crippen LogP contribution >= 0.6 is 22.9 Å². The van der Waals surface area contributed by atoms with Crippen molar-refractivity contribution in [1.82, 2.24) is 0 Å². The Morgan fingerprint density at radius 1 is 1.00 bits per heavy atom. The lowest BCUT2D eigenvalue weighted by molar-refractivity contribution is 0.105. The number of ether oxygens (including phenoxy) is 1. The predicted octanol–water partition coefficient (Wildman–Crippen LogP) is 5.88. The van der Waals surface area contributed by atoms with Crippen LogP contribution in [0.5, 0.6) is 5.75 Å². The van der Waals surface area contributed by atoms with Crippen LogP contribution in [0.15, 0.2) is 72.8 Å². The van der Waals surface area contributed by atoms with Crippen LogP contribution < -0.4 is 4.74 Å². The average molecular weight is 355 g/mol. The summed E-state index contributed by atoms with van der Waals surface area (Å²) in [5.41, 5.74) is 2.07. The number of allylic oxidation sites excluding steroid dienone is 1. The quantitative estimate of drug-likeness (QED) is 0.408. The summed E-state index contributed by atoms with van der Waals surface area (Å²) in [4.78, 5) is 12.6. The molecule has 3 rings (SSSR count). The molecule has 0 N–H and O–H groups in total. The normalized spacial score (nSPS) is 10.9. The van der Waals surface area contributed by atoms with E-state index in [2.05, 4.69) is 0 Å². The molecule has 2 aromatic carbocycles. The molecule has 0 aliphatic carbocycles. The molecule has 0 saturated heterocycles. The summed E-state index contributed by atoms with van der Waals surface area (Å²) in [6, 6.07) is 21.1. The summed E-state index contributed by atoms with van der Waals surface area (Å²) in [5.74, 6) is 0.753. The first kappa shape index (κ1) is 16.5. The van der Waals surface area contributed by atoms with Gasteiger partial charge in [-0.25, -0.2) is 0 Å². The van der Waals surface area contributed by atoms with Gasteiger partial charge in [-0.05, 0) is 41.5 Å². The Morgan fingerprint density at radius 2 is 1.75 bits per heavy atom. The monoisotopic (exact) mass is 354 g/mol. The van der Waals surface area contributed by atoms with Gasteiger partial charge >= 0.3 is 0 Å². The van der Waals surface area contributed by atoms with Crippen molar-refractivity contribution in [2.75, 3.05) is 0 Å². The smallest absolute Gasteiger partial charge is 0.195 e. The second-order valence-corrected chi connectivity index (χ2v) is 6.86. The standard InChI is InChI=1S/C20H15ClO2S/c21-20-13-12-19(24-20)18(22)11-8-15-6-9-17(10-7-15)23-14-16-4-2-1-3-5-16/h1-13H,14H2. The topological polar surface area (TPSA) is 26.3 Å². The minimum absolute atomic E-state index is 0.0451. The molecule has 0 atom stereocenters. The van der Waals surface area contributed by atoms with Gasteiger partial charge in [-0.1, -0.05) is 60.1 Å². The number of hydrogen-bond acceptors (Lipinski definition) is 3. The SMILES string of the molecule is O=C(C=Cc1ccc(OCc2ccccc2)cc1)c1ccc(Cl)s1. The predicted molar refractivity (Wildman–Crippen MR) is 99.9 cm³/mol. The summed E-state index contributed by atoms with van der Waals surface area (Å²) < 4.78 is 6.36. The van der Waals surface area contributed by atoms with E-state index in [9.17, 15) is 4.79 Å². The first-order chi connectivity index (χ1) is 11.7. The van der Waals surface area contributed by atoms with Crippen molar-refractivity contribution in [1.29, 1.82) is 0 Å². The lowest BCUT2D eigenvalue weighted by Gasteiger charge is -2.06. The van der Waals surface area contributed by atoms with Gasteiger partial charge in [0.25, 0.3) is 0 Å². The van der Waals surface area contributed by atoms with Crippen molar-refractivity contribution in [3.63, 3.8) is 0 Å². The van der Waals surface area contributed by atoms with Gasteiger partial charge < -0.3 is 4.74 Å². The van der Waals surface area contributed by atoms with E-state index in [4.69, 9.17) is 16.3 Å². The van der Waals surface area contributed by atoms with E-state index < -0.39 is 0 Å². The maximum absolute atomic E-state index is 12.0. The van der Waals surface area contributed by atoms with Crippen LogP contribution in [-0.4, -0.2) is 5.78 Å². The fraction of sp³-hybridized carbons (Fsp3) is 0.0500. The Hall–Kier alpha value is -2.36. The summed E-state index contributed by atoms with van der Waals surface area (Å²) >= 11 is 7.12. The number of carbonyl (C=O) groups excluding carboxylic acids is 1. The zero-order valence-corrected chi connectivity index (χ0v) is 14.4. The van der Waals surface area contributed by atoms with Crippen molar-refractivity contribution >= 4 is 34.8 Å². The number of hydrogen-bond donors (Lipinski definition) is 0. The second-order valence-electron chi connectivity index (χ2n) is 5.14. The summed E-state index contributed by atoms with van der Waals surface area (Å²) in [6.07, 6.45) is 3.35. The van der Waals surface area contributed by atoms with Gasteiger partial charge in [-0.2, -0.15) is 0 Å². The van der Waals surface area contributed by atoms with Gasteiger partial charge in [-0.15, -0.1) is 11.3 Å². The van der Waals surface area contributed by atoms with E-state index in [-0.39, 0.29) is 5.78 Å². The van der Waals surface area contributed by atoms with E-state index in [0.717, 1.165) is 16.9 Å². The number of ketones is 1. The average Bonchev–Trinajstić information content (AvgIpc) is 3.06. The molecule has 1 aromatic heterocycles. The third kappa shape index (κ3) is 4.57. The van der Waals surface area contributed by atoms with Gasteiger partial charge in [0.2, 0.25) is 0 Å².